The maximum atomic E-state index is 14.1. The molecule has 5 N–H and O–H groups in total. The van der Waals surface area contributed by atoms with Crippen LogP contribution in [0.2, 0.25) is 0 Å². The molecule has 0 radical (unpaired) electrons. The quantitative estimate of drug-likeness (QED) is 0.349. The van der Waals surface area contributed by atoms with E-state index >= 15 is 0 Å². The first kappa shape index (κ1) is 25.1. The number of hydrogen-bond donors (Lipinski definition) is 4. The van der Waals surface area contributed by atoms with E-state index in [4.69, 9.17) is 5.73 Å². The number of benzene rings is 1. The number of nitrogen functional groups attached to an aromatic ring is 1. The summed E-state index contributed by atoms with van der Waals surface area (Å²) in [4.78, 5) is 7.96. The van der Waals surface area contributed by atoms with Gasteiger partial charge in [-0.1, -0.05) is 0 Å². The molecule has 38 heavy (non-hydrogen) atoms. The number of rotatable bonds is 6. The van der Waals surface area contributed by atoms with Gasteiger partial charge in [0.15, 0.2) is 5.03 Å². The van der Waals surface area contributed by atoms with Crippen LogP contribution in [0.25, 0.3) is 11.1 Å². The number of anilines is 3. The summed E-state index contributed by atoms with van der Waals surface area (Å²) in [5.74, 6) is 1.73. The van der Waals surface area contributed by atoms with E-state index in [0.29, 0.717) is 23.3 Å². The van der Waals surface area contributed by atoms with Crippen LogP contribution in [-0.4, -0.2) is 34.1 Å². The van der Waals surface area contributed by atoms with Crippen LogP contribution >= 0.6 is 0 Å². The second-order valence-corrected chi connectivity index (χ2v) is 12.7. The average molecular weight is 548 g/mol. The van der Waals surface area contributed by atoms with Crippen molar-refractivity contribution in [3.05, 3.63) is 41.6 Å². The maximum absolute atomic E-state index is 14.1. The number of nitrogens with one attached hydrogen (secondary N) is 3. The van der Waals surface area contributed by atoms with E-state index in [0.717, 1.165) is 25.3 Å². The van der Waals surface area contributed by atoms with Gasteiger partial charge in [0.1, 0.15) is 0 Å². The Morgan fingerprint density at radius 3 is 2.26 bits per heavy atom. The van der Waals surface area contributed by atoms with E-state index < -0.39 is 27.3 Å². The van der Waals surface area contributed by atoms with Gasteiger partial charge >= 0.3 is 6.18 Å². The van der Waals surface area contributed by atoms with Gasteiger partial charge in [-0.2, -0.15) is 18.2 Å². The summed E-state index contributed by atoms with van der Waals surface area (Å²) in [6.45, 7) is 1.54. The zero-order valence-corrected chi connectivity index (χ0v) is 21.5. The number of nitrogens with two attached hydrogens (primary N) is 1. The highest BCUT2D eigenvalue weighted by Crippen LogP contribution is 2.56. The Hall–Kier alpha value is -3.19. The molecule has 4 aliphatic carbocycles. The van der Waals surface area contributed by atoms with E-state index in [-0.39, 0.29) is 33.7 Å². The minimum Gasteiger partial charge on any atom is -0.368 e. The molecule has 4 bridgehead atoms. The zero-order valence-electron chi connectivity index (χ0n) is 20.6. The van der Waals surface area contributed by atoms with Crippen LogP contribution in [0.5, 0.6) is 0 Å². The number of sulfonamides is 1. The molecule has 0 spiro atoms. The van der Waals surface area contributed by atoms with Crippen molar-refractivity contribution < 1.29 is 21.6 Å². The summed E-state index contributed by atoms with van der Waals surface area (Å²) in [7, 11) is -3.93. The number of hydrogen-bond acceptors (Lipinski definition) is 7. The topological polar surface area (TPSA) is 139 Å². The molecule has 4 fully saturated rings. The van der Waals surface area contributed by atoms with E-state index in [1.807, 2.05) is 0 Å². The van der Waals surface area contributed by atoms with Crippen LogP contribution in [0.1, 0.15) is 49.7 Å². The molecular formula is C25H28F3N7O2S. The van der Waals surface area contributed by atoms with E-state index in [1.165, 1.54) is 43.7 Å². The predicted octanol–water partition coefficient (Wildman–Crippen LogP) is 4.77. The van der Waals surface area contributed by atoms with Crippen molar-refractivity contribution in [1.29, 1.82) is 0 Å². The zero-order chi connectivity index (χ0) is 26.9. The van der Waals surface area contributed by atoms with Gasteiger partial charge in [-0.05, 0) is 98.6 Å². The second kappa shape index (κ2) is 8.67. The fourth-order valence-electron chi connectivity index (χ4n) is 7.19. The number of nitrogens with zero attached hydrogens (tertiary/aromatic N) is 3. The van der Waals surface area contributed by atoms with Gasteiger partial charge in [-0.3, -0.25) is 0 Å². The van der Waals surface area contributed by atoms with Crippen LogP contribution in [-0.2, 0) is 16.2 Å². The van der Waals surface area contributed by atoms with Crippen LogP contribution in [0.3, 0.4) is 0 Å². The molecule has 0 unspecified atom stereocenters. The summed E-state index contributed by atoms with van der Waals surface area (Å²) in [5.41, 5.74) is 4.68. The minimum absolute atomic E-state index is 0.0238. The van der Waals surface area contributed by atoms with Crippen molar-refractivity contribution in [2.24, 2.45) is 17.8 Å². The number of aryl methyl sites for hydroxylation is 1. The summed E-state index contributed by atoms with van der Waals surface area (Å²) in [6, 6.07) is 5.13. The van der Waals surface area contributed by atoms with E-state index in [1.54, 1.807) is 6.92 Å². The summed E-state index contributed by atoms with van der Waals surface area (Å²) >= 11 is 0. The van der Waals surface area contributed by atoms with Gasteiger partial charge in [0.25, 0.3) is 10.0 Å². The van der Waals surface area contributed by atoms with Crippen LogP contribution in [0.4, 0.5) is 30.8 Å². The highest BCUT2D eigenvalue weighted by molar-refractivity contribution is 7.89. The molecular weight excluding hydrogens is 519 g/mol. The van der Waals surface area contributed by atoms with Crippen molar-refractivity contribution in [1.82, 2.24) is 24.9 Å². The molecule has 2 heterocycles. The van der Waals surface area contributed by atoms with Crippen LogP contribution in [0, 0.1) is 24.7 Å². The summed E-state index contributed by atoms with van der Waals surface area (Å²) < 4.78 is 71.9. The average Bonchev–Trinajstić information content (AvgIpc) is 3.21. The number of H-pyrrole nitrogens is 1. The second-order valence-electron chi connectivity index (χ2n) is 11.1. The lowest BCUT2D eigenvalue weighted by Crippen LogP contribution is -2.59. The van der Waals surface area contributed by atoms with Crippen molar-refractivity contribution in [3.63, 3.8) is 0 Å². The fourth-order valence-corrected chi connectivity index (χ4v) is 8.55. The molecule has 4 aliphatic rings. The Morgan fingerprint density at radius 2 is 1.74 bits per heavy atom. The first-order chi connectivity index (χ1) is 17.9. The Bertz CT molecular complexity index is 1450. The van der Waals surface area contributed by atoms with Gasteiger partial charge < -0.3 is 11.1 Å². The lowest BCUT2D eigenvalue weighted by Gasteiger charge is -2.56. The van der Waals surface area contributed by atoms with Crippen molar-refractivity contribution in [2.45, 2.75) is 62.2 Å². The largest absolute Gasteiger partial charge is 0.417 e. The predicted molar refractivity (Wildman–Crippen MR) is 135 cm³/mol. The van der Waals surface area contributed by atoms with Crippen molar-refractivity contribution in [3.8, 4) is 11.1 Å². The molecule has 7 rings (SSSR count). The number of halogens is 3. The molecule has 202 valence electrons. The molecule has 3 aromatic rings. The maximum Gasteiger partial charge on any atom is 0.417 e. The smallest absolute Gasteiger partial charge is 0.368 e. The lowest BCUT2D eigenvalue weighted by atomic mass is 9.53. The van der Waals surface area contributed by atoms with Gasteiger partial charge in [-0.25, -0.2) is 23.2 Å². The summed E-state index contributed by atoms with van der Waals surface area (Å²) in [5, 5.41) is 8.72. The minimum atomic E-state index is -4.68. The third kappa shape index (κ3) is 4.62. The molecule has 13 heteroatoms. The molecule has 0 saturated heterocycles. The SMILES string of the molecule is Cc1cc(Nc2n[nH]c(N)n2)cc(C(F)(F)F)c1-c1ccc(S(=O)(=O)NC23CC4CC(CC(C4)C2)C3)nc1. The van der Waals surface area contributed by atoms with Gasteiger partial charge in [0.2, 0.25) is 11.9 Å². The van der Waals surface area contributed by atoms with Gasteiger partial charge in [0.05, 0.1) is 5.56 Å². The highest BCUT2D eigenvalue weighted by Gasteiger charge is 2.52. The standard InChI is InChI=1S/C25H28F3N7O2S/c1-13-4-18(31-23-32-22(29)33-34-23)8-19(25(26,27)28)21(13)17-2-3-20(30-12-17)38(36,37)35-24-9-14-5-15(10-24)7-16(6-14)11-24/h2-4,8,12,14-16,35H,5-7,9-11H2,1H3,(H4,29,31,32,33,34). The molecule has 0 amide bonds. The fraction of sp³-hybridized carbons (Fsp3) is 0.480. The Balaban J connectivity index is 1.29. The van der Waals surface area contributed by atoms with Crippen molar-refractivity contribution >= 4 is 27.6 Å². The molecule has 1 aromatic carbocycles. The number of aromatic nitrogens is 4. The third-order valence-corrected chi connectivity index (χ3v) is 9.58. The molecule has 0 aliphatic heterocycles. The van der Waals surface area contributed by atoms with Gasteiger partial charge in [0, 0.05) is 23.0 Å². The van der Waals surface area contributed by atoms with Crippen LogP contribution < -0.4 is 15.8 Å². The third-order valence-electron chi connectivity index (χ3n) is 8.09. The molecule has 2 aromatic heterocycles. The normalized spacial score (nSPS) is 26.6. The first-order valence-electron chi connectivity index (χ1n) is 12.6. The van der Waals surface area contributed by atoms with E-state index in [2.05, 4.69) is 30.2 Å². The van der Waals surface area contributed by atoms with Gasteiger partial charge in [-0.15, -0.1) is 5.10 Å². The Labute approximate surface area is 217 Å². The number of pyridine rings is 1. The lowest BCUT2D eigenvalue weighted by molar-refractivity contribution is -0.137. The molecule has 0 atom stereocenters. The number of alkyl halides is 3. The monoisotopic (exact) mass is 547 g/mol. The molecule has 9 nitrogen and oxygen atoms in total. The van der Waals surface area contributed by atoms with Crippen molar-refractivity contribution in [2.75, 3.05) is 11.1 Å². The summed E-state index contributed by atoms with van der Waals surface area (Å²) in [6.07, 6.45) is 2.55. The Kier molecular flexibility index (Phi) is 5.73. The van der Waals surface area contributed by atoms with Crippen LogP contribution in [0.15, 0.2) is 35.5 Å². The number of aromatic amines is 1. The first-order valence-corrected chi connectivity index (χ1v) is 14.0. The Morgan fingerprint density at radius 1 is 1.08 bits per heavy atom. The van der Waals surface area contributed by atoms with E-state index in [9.17, 15) is 21.6 Å². The molecule has 4 saturated carbocycles. The highest BCUT2D eigenvalue weighted by atomic mass is 32.2.